The smallest absolute Gasteiger partial charge is 0.288 e. The predicted octanol–water partition coefficient (Wildman–Crippen LogP) is 1.53. The van der Waals surface area contributed by atoms with Crippen LogP contribution >= 0.6 is 0 Å². The van der Waals surface area contributed by atoms with Crippen molar-refractivity contribution in [1.29, 1.82) is 0 Å². The summed E-state index contributed by atoms with van der Waals surface area (Å²) in [5.74, 6) is 0.599. The highest BCUT2D eigenvalue weighted by Gasteiger charge is 2.12. The van der Waals surface area contributed by atoms with E-state index in [2.05, 4.69) is 26.0 Å². The SMILES string of the molecule is COc1ccc(-c2noc(CCC(=O)NNC(=O)c3ccccn3)n2)cc1. The molecule has 2 heterocycles. The number of hydrogen-bond donors (Lipinski definition) is 2. The number of hydrazine groups is 1. The molecule has 3 aromatic rings. The minimum absolute atomic E-state index is 0.0761. The molecule has 2 N–H and O–H groups in total. The van der Waals surface area contributed by atoms with Gasteiger partial charge in [0.05, 0.1) is 7.11 Å². The third-order valence-corrected chi connectivity index (χ3v) is 3.60. The Morgan fingerprint density at radius 3 is 2.63 bits per heavy atom. The number of aryl methyl sites for hydroxylation is 1. The van der Waals surface area contributed by atoms with Gasteiger partial charge in [-0.15, -0.1) is 0 Å². The molecule has 138 valence electrons. The maximum absolute atomic E-state index is 11.8. The quantitative estimate of drug-likeness (QED) is 0.634. The molecule has 9 heteroatoms. The van der Waals surface area contributed by atoms with Crippen molar-refractivity contribution in [3.8, 4) is 17.1 Å². The van der Waals surface area contributed by atoms with Crippen molar-refractivity contribution >= 4 is 11.8 Å². The maximum atomic E-state index is 11.8. The summed E-state index contributed by atoms with van der Waals surface area (Å²) in [7, 11) is 1.59. The molecule has 0 fully saturated rings. The first kappa shape index (κ1) is 18.1. The number of carbonyl (C=O) groups is 2. The zero-order valence-electron chi connectivity index (χ0n) is 14.5. The topological polar surface area (TPSA) is 119 Å². The van der Waals surface area contributed by atoms with Crippen molar-refractivity contribution in [2.24, 2.45) is 0 Å². The first-order chi connectivity index (χ1) is 13.2. The fourth-order valence-corrected chi connectivity index (χ4v) is 2.18. The molecule has 0 aliphatic carbocycles. The van der Waals surface area contributed by atoms with Crippen LogP contribution < -0.4 is 15.6 Å². The average molecular weight is 367 g/mol. The van der Waals surface area contributed by atoms with Gasteiger partial charge in [-0.05, 0) is 36.4 Å². The van der Waals surface area contributed by atoms with Gasteiger partial charge >= 0.3 is 0 Å². The molecule has 1 aromatic carbocycles. The van der Waals surface area contributed by atoms with Gasteiger partial charge in [-0.3, -0.25) is 25.4 Å². The molecular weight excluding hydrogens is 350 g/mol. The first-order valence-corrected chi connectivity index (χ1v) is 8.13. The summed E-state index contributed by atoms with van der Waals surface area (Å²) in [5.41, 5.74) is 5.60. The third-order valence-electron chi connectivity index (χ3n) is 3.60. The number of nitrogens with zero attached hydrogens (tertiary/aromatic N) is 3. The van der Waals surface area contributed by atoms with Gasteiger partial charge in [0.15, 0.2) is 0 Å². The highest BCUT2D eigenvalue weighted by atomic mass is 16.5. The zero-order chi connectivity index (χ0) is 19.1. The molecule has 0 aliphatic rings. The van der Waals surface area contributed by atoms with Crippen LogP contribution in [-0.4, -0.2) is 34.0 Å². The number of hydrogen-bond acceptors (Lipinski definition) is 7. The van der Waals surface area contributed by atoms with Gasteiger partial charge in [-0.2, -0.15) is 4.98 Å². The van der Waals surface area contributed by atoms with Gasteiger partial charge in [0.1, 0.15) is 11.4 Å². The van der Waals surface area contributed by atoms with Crippen molar-refractivity contribution in [3.05, 3.63) is 60.2 Å². The largest absolute Gasteiger partial charge is 0.497 e. The van der Waals surface area contributed by atoms with E-state index < -0.39 is 5.91 Å². The van der Waals surface area contributed by atoms with Crippen molar-refractivity contribution < 1.29 is 18.8 Å². The second-order valence-corrected chi connectivity index (χ2v) is 5.46. The van der Waals surface area contributed by atoms with E-state index in [4.69, 9.17) is 9.26 Å². The number of benzene rings is 1. The molecule has 0 bridgehead atoms. The molecule has 9 nitrogen and oxygen atoms in total. The molecule has 3 rings (SSSR count). The lowest BCUT2D eigenvalue weighted by Crippen LogP contribution is -2.42. The van der Waals surface area contributed by atoms with Crippen LogP contribution in [0.1, 0.15) is 22.8 Å². The van der Waals surface area contributed by atoms with Crippen LogP contribution in [0.2, 0.25) is 0 Å². The number of aromatic nitrogens is 3. The Morgan fingerprint density at radius 1 is 1.11 bits per heavy atom. The molecule has 0 aliphatic heterocycles. The van der Waals surface area contributed by atoms with Crippen LogP contribution in [0.4, 0.5) is 0 Å². The van der Waals surface area contributed by atoms with Crippen LogP contribution in [-0.2, 0) is 11.2 Å². The van der Waals surface area contributed by atoms with E-state index in [9.17, 15) is 9.59 Å². The Bertz CT molecular complexity index is 909. The monoisotopic (exact) mass is 367 g/mol. The summed E-state index contributed by atoms with van der Waals surface area (Å²) in [5, 5.41) is 3.90. The molecule has 0 atom stereocenters. The van der Waals surface area contributed by atoms with Crippen molar-refractivity contribution in [1.82, 2.24) is 26.0 Å². The lowest BCUT2D eigenvalue weighted by atomic mass is 10.2. The number of amides is 2. The third kappa shape index (κ3) is 4.88. The lowest BCUT2D eigenvalue weighted by molar-refractivity contribution is -0.121. The van der Waals surface area contributed by atoms with Gasteiger partial charge in [0.25, 0.3) is 5.91 Å². The van der Waals surface area contributed by atoms with Gasteiger partial charge < -0.3 is 9.26 Å². The maximum Gasteiger partial charge on any atom is 0.288 e. The van der Waals surface area contributed by atoms with E-state index in [0.29, 0.717) is 11.7 Å². The lowest BCUT2D eigenvalue weighted by Gasteiger charge is -2.05. The fraction of sp³-hybridized carbons (Fsp3) is 0.167. The van der Waals surface area contributed by atoms with Crippen LogP contribution in [0.15, 0.2) is 53.2 Å². The minimum atomic E-state index is -0.497. The summed E-state index contributed by atoms with van der Waals surface area (Å²) < 4.78 is 10.3. The number of carbonyl (C=O) groups excluding carboxylic acids is 2. The molecule has 0 radical (unpaired) electrons. The first-order valence-electron chi connectivity index (χ1n) is 8.13. The normalized spacial score (nSPS) is 10.3. The van der Waals surface area contributed by atoms with Crippen LogP contribution in [0, 0.1) is 0 Å². The van der Waals surface area contributed by atoms with Gasteiger partial charge in [-0.25, -0.2) is 0 Å². The van der Waals surface area contributed by atoms with E-state index in [1.54, 1.807) is 37.4 Å². The molecule has 0 unspecified atom stereocenters. The number of methoxy groups -OCH3 is 1. The van der Waals surface area contributed by atoms with Crippen molar-refractivity contribution in [2.75, 3.05) is 7.11 Å². The van der Waals surface area contributed by atoms with Crippen LogP contribution in [0.25, 0.3) is 11.4 Å². The Labute approximate surface area is 154 Å². The molecule has 2 amide bonds. The van der Waals surface area contributed by atoms with Gasteiger partial charge in [0, 0.05) is 24.6 Å². The van der Waals surface area contributed by atoms with Crippen LogP contribution in [0.5, 0.6) is 5.75 Å². The number of pyridine rings is 1. The molecule has 27 heavy (non-hydrogen) atoms. The van der Waals surface area contributed by atoms with Gasteiger partial charge in [-0.1, -0.05) is 11.2 Å². The van der Waals surface area contributed by atoms with Crippen LogP contribution in [0.3, 0.4) is 0 Å². The van der Waals surface area contributed by atoms with Crippen molar-refractivity contribution in [2.45, 2.75) is 12.8 Å². The van der Waals surface area contributed by atoms with E-state index >= 15 is 0 Å². The second kappa shape index (κ2) is 8.56. The molecule has 0 spiro atoms. The Kier molecular flexibility index (Phi) is 5.73. The highest BCUT2D eigenvalue weighted by Crippen LogP contribution is 2.19. The average Bonchev–Trinajstić information content (AvgIpc) is 3.20. The molecule has 0 saturated carbocycles. The van der Waals surface area contributed by atoms with Crippen molar-refractivity contribution in [3.63, 3.8) is 0 Å². The minimum Gasteiger partial charge on any atom is -0.497 e. The summed E-state index contributed by atoms with van der Waals surface area (Å²) in [6, 6.07) is 12.1. The van der Waals surface area contributed by atoms with E-state index in [1.807, 2.05) is 12.1 Å². The summed E-state index contributed by atoms with van der Waals surface area (Å²) in [6.07, 6.45) is 1.81. The van der Waals surface area contributed by atoms with E-state index in [1.165, 1.54) is 6.20 Å². The fourth-order valence-electron chi connectivity index (χ4n) is 2.18. The molecule has 0 saturated heterocycles. The Hall–Kier alpha value is -3.75. The Balaban J connectivity index is 1.48. The number of ether oxygens (including phenoxy) is 1. The Morgan fingerprint density at radius 2 is 1.93 bits per heavy atom. The summed E-state index contributed by atoms with van der Waals surface area (Å²) in [4.78, 5) is 31.8. The standard InChI is InChI=1S/C18H17N5O4/c1-26-13-7-5-12(6-8-13)17-20-16(27-23-17)10-9-15(24)21-22-18(25)14-4-2-3-11-19-14/h2-8,11H,9-10H2,1H3,(H,21,24)(H,22,25). The number of nitrogens with one attached hydrogen (secondary N) is 2. The van der Waals surface area contributed by atoms with E-state index in [0.717, 1.165) is 11.3 Å². The number of rotatable bonds is 6. The summed E-state index contributed by atoms with van der Waals surface area (Å²) in [6.45, 7) is 0. The molecular formula is C18H17N5O4. The zero-order valence-corrected chi connectivity index (χ0v) is 14.5. The van der Waals surface area contributed by atoms with E-state index in [-0.39, 0.29) is 24.4 Å². The summed E-state index contributed by atoms with van der Waals surface area (Å²) >= 11 is 0. The highest BCUT2D eigenvalue weighted by molar-refractivity contribution is 5.93. The predicted molar refractivity (Wildman–Crippen MR) is 94.5 cm³/mol. The second-order valence-electron chi connectivity index (χ2n) is 5.46. The molecule has 2 aromatic heterocycles. The van der Waals surface area contributed by atoms with Gasteiger partial charge in [0.2, 0.25) is 17.6 Å².